The second kappa shape index (κ2) is 5.97. The van der Waals surface area contributed by atoms with Crippen LogP contribution in [0.5, 0.6) is 0 Å². The molecule has 0 fully saturated rings. The molecule has 0 saturated carbocycles. The number of benzene rings is 1. The summed E-state index contributed by atoms with van der Waals surface area (Å²) in [6.45, 7) is 1.33. The molecule has 0 aliphatic rings. The molecule has 0 saturated heterocycles. The Morgan fingerprint density at radius 3 is 2.45 bits per heavy atom. The molecule has 1 unspecified atom stereocenters. The minimum atomic E-state index is -4.18. The number of para-hydroxylation sites is 1. The van der Waals surface area contributed by atoms with Gasteiger partial charge in [-0.05, 0) is 13.0 Å². The van der Waals surface area contributed by atoms with Crippen LogP contribution in [0.4, 0.5) is 5.69 Å². The molecule has 110 valence electrons. The highest BCUT2D eigenvalue weighted by molar-refractivity contribution is 7.89. The number of ether oxygens (including phenoxy) is 1. The third-order valence-corrected chi connectivity index (χ3v) is 4.78. The van der Waals surface area contributed by atoms with Crippen LogP contribution in [0.3, 0.4) is 0 Å². The van der Waals surface area contributed by atoms with E-state index in [0.29, 0.717) is 0 Å². The van der Waals surface area contributed by atoms with Crippen molar-refractivity contribution < 1.29 is 22.9 Å². The lowest BCUT2D eigenvalue weighted by Crippen LogP contribution is -2.41. The third-order valence-electron chi connectivity index (χ3n) is 2.81. The van der Waals surface area contributed by atoms with Crippen LogP contribution in [-0.4, -0.2) is 43.8 Å². The van der Waals surface area contributed by atoms with E-state index in [9.17, 15) is 23.3 Å². The number of nitro benzene ring substituents is 1. The van der Waals surface area contributed by atoms with Crippen molar-refractivity contribution in [2.24, 2.45) is 0 Å². The van der Waals surface area contributed by atoms with E-state index in [-0.39, 0.29) is 0 Å². The molecule has 0 aromatic heterocycles. The van der Waals surface area contributed by atoms with E-state index in [1.807, 2.05) is 0 Å². The van der Waals surface area contributed by atoms with Crippen molar-refractivity contribution in [2.75, 3.05) is 14.2 Å². The zero-order chi connectivity index (χ0) is 15.5. The first-order valence-corrected chi connectivity index (χ1v) is 6.96. The number of hydrogen-bond donors (Lipinski definition) is 0. The summed E-state index contributed by atoms with van der Waals surface area (Å²) in [4.78, 5) is 21.0. The second-order valence-corrected chi connectivity index (χ2v) is 5.91. The van der Waals surface area contributed by atoms with Gasteiger partial charge < -0.3 is 4.74 Å². The van der Waals surface area contributed by atoms with Gasteiger partial charge in [-0.15, -0.1) is 0 Å². The molecule has 1 aromatic rings. The zero-order valence-electron chi connectivity index (χ0n) is 11.1. The van der Waals surface area contributed by atoms with Crippen LogP contribution in [0.1, 0.15) is 6.92 Å². The lowest BCUT2D eigenvalue weighted by Gasteiger charge is -2.22. The van der Waals surface area contributed by atoms with Gasteiger partial charge in [0.05, 0.1) is 12.0 Å². The van der Waals surface area contributed by atoms with Crippen LogP contribution in [-0.2, 0) is 19.6 Å². The predicted octanol–water partition coefficient (Wildman–Crippen LogP) is 0.777. The molecule has 0 amide bonds. The maximum atomic E-state index is 12.3. The Kier molecular flexibility index (Phi) is 4.79. The lowest BCUT2D eigenvalue weighted by atomic mass is 10.3. The maximum absolute atomic E-state index is 12.3. The van der Waals surface area contributed by atoms with Crippen LogP contribution in [0.25, 0.3) is 0 Å². The SMILES string of the molecule is COC(=O)C(C)N(C)S(=O)(=O)c1ccccc1[N+](=O)[O-]. The van der Waals surface area contributed by atoms with Gasteiger partial charge in [-0.2, -0.15) is 4.31 Å². The molecule has 0 heterocycles. The number of methoxy groups -OCH3 is 1. The van der Waals surface area contributed by atoms with E-state index in [0.717, 1.165) is 30.6 Å². The van der Waals surface area contributed by atoms with E-state index >= 15 is 0 Å². The highest BCUT2D eigenvalue weighted by Crippen LogP contribution is 2.26. The number of nitrogens with zero attached hydrogens (tertiary/aromatic N) is 2. The molecule has 0 aliphatic heterocycles. The van der Waals surface area contributed by atoms with Crippen molar-refractivity contribution in [1.29, 1.82) is 0 Å². The van der Waals surface area contributed by atoms with Crippen molar-refractivity contribution in [3.05, 3.63) is 34.4 Å². The molecule has 0 radical (unpaired) electrons. The first-order chi connectivity index (χ1) is 9.23. The molecule has 0 aliphatic carbocycles. The van der Waals surface area contributed by atoms with Crippen molar-refractivity contribution in [2.45, 2.75) is 17.9 Å². The van der Waals surface area contributed by atoms with Gasteiger partial charge in [0.15, 0.2) is 4.90 Å². The first-order valence-electron chi connectivity index (χ1n) is 5.52. The fraction of sp³-hybridized carbons (Fsp3) is 0.364. The van der Waals surface area contributed by atoms with E-state index in [1.165, 1.54) is 19.1 Å². The molecule has 0 bridgehead atoms. The van der Waals surface area contributed by atoms with Crippen molar-refractivity contribution in [3.8, 4) is 0 Å². The Balaban J connectivity index is 3.31. The van der Waals surface area contributed by atoms with Gasteiger partial charge in [-0.25, -0.2) is 8.42 Å². The molecule has 9 heteroatoms. The quantitative estimate of drug-likeness (QED) is 0.452. The molecule has 0 spiro atoms. The fourth-order valence-corrected chi connectivity index (χ4v) is 2.98. The van der Waals surface area contributed by atoms with Gasteiger partial charge in [0, 0.05) is 13.1 Å². The monoisotopic (exact) mass is 302 g/mol. The summed E-state index contributed by atoms with van der Waals surface area (Å²) in [5.41, 5.74) is -0.545. The third kappa shape index (κ3) is 2.94. The average Bonchev–Trinajstić information content (AvgIpc) is 2.44. The molecule has 0 N–H and O–H groups in total. The number of nitro groups is 1. The van der Waals surface area contributed by atoms with Crippen LogP contribution < -0.4 is 0 Å². The number of carbonyl (C=O) groups excluding carboxylic acids is 1. The summed E-state index contributed by atoms with van der Waals surface area (Å²) in [6, 6.07) is 3.85. The second-order valence-electron chi connectivity index (χ2n) is 3.95. The summed E-state index contributed by atoms with van der Waals surface area (Å²) in [5.74, 6) is -0.755. The number of likely N-dealkylation sites (N-methyl/N-ethyl adjacent to an activating group) is 1. The number of rotatable bonds is 5. The largest absolute Gasteiger partial charge is 0.468 e. The van der Waals surface area contributed by atoms with Gasteiger partial charge in [-0.3, -0.25) is 14.9 Å². The van der Waals surface area contributed by atoms with Crippen LogP contribution in [0.2, 0.25) is 0 Å². The zero-order valence-corrected chi connectivity index (χ0v) is 12.0. The minimum Gasteiger partial charge on any atom is -0.468 e. The summed E-state index contributed by atoms with van der Waals surface area (Å²) >= 11 is 0. The number of esters is 1. The van der Waals surface area contributed by atoms with E-state index in [2.05, 4.69) is 4.74 Å². The average molecular weight is 302 g/mol. The molecular weight excluding hydrogens is 288 g/mol. The first kappa shape index (κ1) is 16.1. The normalized spacial score (nSPS) is 13.0. The number of carbonyl (C=O) groups is 1. The standard InChI is InChI=1S/C11H14N2O6S/c1-8(11(14)19-3)12(2)20(17,18)10-7-5-4-6-9(10)13(15)16/h4-8H,1-3H3. The number of sulfonamides is 1. The Bertz CT molecular complexity index is 628. The van der Waals surface area contributed by atoms with E-state index in [4.69, 9.17) is 0 Å². The Morgan fingerprint density at radius 1 is 1.40 bits per heavy atom. The highest BCUT2D eigenvalue weighted by Gasteiger charge is 2.34. The Hall–Kier alpha value is -2.00. The van der Waals surface area contributed by atoms with Gasteiger partial charge in [-0.1, -0.05) is 12.1 Å². The van der Waals surface area contributed by atoms with Crippen LogP contribution in [0.15, 0.2) is 29.2 Å². The smallest absolute Gasteiger partial charge is 0.323 e. The van der Waals surface area contributed by atoms with Gasteiger partial charge in [0.25, 0.3) is 5.69 Å². The molecular formula is C11H14N2O6S. The van der Waals surface area contributed by atoms with Crippen molar-refractivity contribution in [3.63, 3.8) is 0 Å². The molecule has 20 heavy (non-hydrogen) atoms. The summed E-state index contributed by atoms with van der Waals surface area (Å²) in [7, 11) is -1.89. The lowest BCUT2D eigenvalue weighted by molar-refractivity contribution is -0.387. The molecule has 1 aromatic carbocycles. The topological polar surface area (TPSA) is 107 Å². The molecule has 1 rings (SSSR count). The number of hydrogen-bond acceptors (Lipinski definition) is 6. The van der Waals surface area contributed by atoms with E-state index < -0.39 is 37.5 Å². The Morgan fingerprint density at radius 2 is 1.95 bits per heavy atom. The van der Waals surface area contributed by atoms with Crippen molar-refractivity contribution in [1.82, 2.24) is 4.31 Å². The van der Waals surface area contributed by atoms with Gasteiger partial charge >= 0.3 is 5.97 Å². The van der Waals surface area contributed by atoms with E-state index in [1.54, 1.807) is 0 Å². The maximum Gasteiger partial charge on any atom is 0.323 e. The predicted molar refractivity (Wildman–Crippen MR) is 69.5 cm³/mol. The minimum absolute atomic E-state index is 0.469. The molecule has 8 nitrogen and oxygen atoms in total. The summed E-state index contributed by atoms with van der Waals surface area (Å²) in [6.07, 6.45) is 0. The van der Waals surface area contributed by atoms with Gasteiger partial charge in [0.1, 0.15) is 6.04 Å². The summed E-state index contributed by atoms with van der Waals surface area (Å²) < 4.78 is 29.9. The van der Waals surface area contributed by atoms with Crippen molar-refractivity contribution >= 4 is 21.7 Å². The van der Waals surface area contributed by atoms with Crippen LogP contribution >= 0.6 is 0 Å². The highest BCUT2D eigenvalue weighted by atomic mass is 32.2. The fourth-order valence-electron chi connectivity index (χ4n) is 1.51. The summed E-state index contributed by atoms with van der Waals surface area (Å²) in [5, 5.41) is 10.9. The molecule has 1 atom stereocenters. The Labute approximate surface area is 116 Å². The van der Waals surface area contributed by atoms with Crippen LogP contribution in [0, 0.1) is 10.1 Å². The van der Waals surface area contributed by atoms with Gasteiger partial charge in [0.2, 0.25) is 10.0 Å².